The van der Waals surface area contributed by atoms with Crippen molar-refractivity contribution in [3.05, 3.63) is 5.69 Å². The number of nitrogen functional groups attached to an aromatic ring is 1. The van der Waals surface area contributed by atoms with E-state index in [-0.39, 0.29) is 22.8 Å². The van der Waals surface area contributed by atoms with E-state index in [1.54, 1.807) is 0 Å². The first-order valence-corrected chi connectivity index (χ1v) is 6.86. The second kappa shape index (κ2) is 4.80. The highest BCUT2D eigenvalue weighted by atomic mass is 16.2. The van der Waals surface area contributed by atoms with Gasteiger partial charge in [0.2, 0.25) is 0 Å². The Morgan fingerprint density at radius 2 is 2.16 bits per heavy atom. The molecule has 4 N–H and O–H groups in total. The first-order valence-electron chi connectivity index (χ1n) is 6.86. The molecule has 1 atom stereocenters. The van der Waals surface area contributed by atoms with E-state index < -0.39 is 0 Å². The summed E-state index contributed by atoms with van der Waals surface area (Å²) in [7, 11) is 0. The van der Waals surface area contributed by atoms with E-state index in [1.807, 2.05) is 4.90 Å². The molecular weight excluding hydrogens is 244 g/mol. The molecule has 0 aliphatic carbocycles. The second-order valence-electron chi connectivity index (χ2n) is 5.67. The van der Waals surface area contributed by atoms with Gasteiger partial charge in [0.25, 0.3) is 5.91 Å². The number of rotatable bonds is 1. The summed E-state index contributed by atoms with van der Waals surface area (Å²) in [6, 6.07) is 0. The molecule has 1 aromatic heterocycles. The zero-order valence-corrected chi connectivity index (χ0v) is 11.0. The minimum absolute atomic E-state index is 0.101. The predicted octanol–water partition coefficient (Wildman–Crippen LogP) is -0.00730. The molecule has 0 bridgehead atoms. The number of nitrogens with one attached hydrogen (secondary N) is 2. The molecule has 3 rings (SSSR count). The molecule has 2 fully saturated rings. The fraction of sp³-hybridized carbons (Fsp3) is 0.750. The molecule has 1 unspecified atom stereocenters. The van der Waals surface area contributed by atoms with Gasteiger partial charge in [-0.05, 0) is 32.2 Å². The van der Waals surface area contributed by atoms with Crippen molar-refractivity contribution in [1.29, 1.82) is 0 Å². The van der Waals surface area contributed by atoms with Gasteiger partial charge in [0, 0.05) is 25.0 Å². The maximum absolute atomic E-state index is 12.4. The third-order valence-corrected chi connectivity index (χ3v) is 4.29. The number of carbonyl (C=O) groups excluding carboxylic acids is 1. The average Bonchev–Trinajstić information content (AvgIpc) is 2.85. The number of nitrogens with zero attached hydrogens (tertiary/aromatic N) is 3. The normalized spacial score (nSPS) is 27.7. The minimum Gasteiger partial charge on any atom is -0.380 e. The predicted molar refractivity (Wildman–Crippen MR) is 70.5 cm³/mol. The number of anilines is 1. The van der Waals surface area contributed by atoms with Crippen LogP contribution in [-0.2, 0) is 0 Å². The van der Waals surface area contributed by atoms with E-state index in [0.29, 0.717) is 0 Å². The van der Waals surface area contributed by atoms with Crippen molar-refractivity contribution in [3.8, 4) is 0 Å². The zero-order valence-electron chi connectivity index (χ0n) is 11.0. The lowest BCUT2D eigenvalue weighted by molar-refractivity contribution is 0.0430. The van der Waals surface area contributed by atoms with Crippen LogP contribution in [0.15, 0.2) is 0 Å². The highest BCUT2D eigenvalue weighted by Gasteiger charge is 2.38. The number of hydrogen-bond donors (Lipinski definition) is 3. The Labute approximate surface area is 111 Å². The van der Waals surface area contributed by atoms with Crippen LogP contribution in [0.4, 0.5) is 5.82 Å². The summed E-state index contributed by atoms with van der Waals surface area (Å²) in [6.45, 7) is 3.68. The van der Waals surface area contributed by atoms with Gasteiger partial charge in [0.05, 0.1) is 0 Å². The maximum atomic E-state index is 12.4. The molecule has 1 aromatic rings. The highest BCUT2D eigenvalue weighted by Crippen LogP contribution is 2.36. The first kappa shape index (κ1) is 12.4. The quantitative estimate of drug-likeness (QED) is 0.662. The number of amides is 1. The first-order chi connectivity index (χ1) is 9.20. The van der Waals surface area contributed by atoms with E-state index in [1.165, 1.54) is 19.3 Å². The highest BCUT2D eigenvalue weighted by molar-refractivity contribution is 5.96. The van der Waals surface area contributed by atoms with Crippen LogP contribution < -0.4 is 11.1 Å². The Kier molecular flexibility index (Phi) is 3.14. The van der Waals surface area contributed by atoms with Gasteiger partial charge in [-0.3, -0.25) is 4.79 Å². The van der Waals surface area contributed by atoms with E-state index in [4.69, 9.17) is 5.73 Å². The van der Waals surface area contributed by atoms with Crippen molar-refractivity contribution in [2.75, 3.05) is 31.9 Å². The molecule has 0 aromatic carbocycles. The second-order valence-corrected chi connectivity index (χ2v) is 5.67. The number of aromatic amines is 1. The van der Waals surface area contributed by atoms with Crippen LogP contribution in [0.25, 0.3) is 0 Å². The van der Waals surface area contributed by atoms with Crippen LogP contribution in [0, 0.1) is 5.41 Å². The number of piperidine rings is 2. The standard InChI is InChI=1S/C12H20N6O/c13-10-9(15-17-16-10)11(19)18-6-2-4-12(8-18)3-1-5-14-7-12/h14H,1-8H2,(H3,13,15,16,17). The van der Waals surface area contributed by atoms with E-state index in [0.717, 1.165) is 32.6 Å². The summed E-state index contributed by atoms with van der Waals surface area (Å²) in [5, 5.41) is 13.4. The zero-order chi connectivity index (χ0) is 13.3. The number of hydrogen-bond acceptors (Lipinski definition) is 5. The van der Waals surface area contributed by atoms with Crippen LogP contribution in [0.3, 0.4) is 0 Å². The van der Waals surface area contributed by atoms with E-state index in [9.17, 15) is 4.79 Å². The number of H-pyrrole nitrogens is 1. The Balaban J connectivity index is 1.74. The molecule has 19 heavy (non-hydrogen) atoms. The van der Waals surface area contributed by atoms with Crippen molar-refractivity contribution < 1.29 is 4.79 Å². The molecule has 1 spiro atoms. The number of carbonyl (C=O) groups is 1. The van der Waals surface area contributed by atoms with Gasteiger partial charge in [-0.2, -0.15) is 5.21 Å². The molecule has 3 heterocycles. The van der Waals surface area contributed by atoms with Gasteiger partial charge >= 0.3 is 0 Å². The van der Waals surface area contributed by atoms with Gasteiger partial charge in [-0.1, -0.05) is 0 Å². The van der Waals surface area contributed by atoms with Gasteiger partial charge in [0.1, 0.15) is 0 Å². The van der Waals surface area contributed by atoms with Crippen LogP contribution >= 0.6 is 0 Å². The molecule has 104 valence electrons. The third-order valence-electron chi connectivity index (χ3n) is 4.29. The maximum Gasteiger partial charge on any atom is 0.278 e. The molecular formula is C12H20N6O. The summed E-state index contributed by atoms with van der Waals surface area (Å²) >= 11 is 0. The smallest absolute Gasteiger partial charge is 0.278 e. The fourth-order valence-corrected chi connectivity index (χ4v) is 3.31. The minimum atomic E-state index is -0.101. The van der Waals surface area contributed by atoms with E-state index >= 15 is 0 Å². The Morgan fingerprint density at radius 1 is 1.32 bits per heavy atom. The lowest BCUT2D eigenvalue weighted by Gasteiger charge is -2.45. The van der Waals surface area contributed by atoms with E-state index in [2.05, 4.69) is 20.7 Å². The van der Waals surface area contributed by atoms with Gasteiger partial charge in [-0.15, -0.1) is 10.2 Å². The van der Waals surface area contributed by atoms with Crippen molar-refractivity contribution in [2.45, 2.75) is 25.7 Å². The van der Waals surface area contributed by atoms with Gasteiger partial charge < -0.3 is 16.0 Å². The largest absolute Gasteiger partial charge is 0.380 e. The van der Waals surface area contributed by atoms with Crippen LogP contribution in [-0.4, -0.2) is 52.4 Å². The van der Waals surface area contributed by atoms with Crippen LogP contribution in [0.5, 0.6) is 0 Å². The molecule has 0 radical (unpaired) electrons. The average molecular weight is 264 g/mol. The van der Waals surface area contributed by atoms with Gasteiger partial charge in [-0.25, -0.2) is 0 Å². The number of aromatic nitrogens is 3. The summed E-state index contributed by atoms with van der Waals surface area (Å²) < 4.78 is 0. The molecule has 0 saturated carbocycles. The van der Waals surface area contributed by atoms with Crippen molar-refractivity contribution >= 4 is 11.7 Å². The summed E-state index contributed by atoms with van der Waals surface area (Å²) in [4.78, 5) is 14.3. The summed E-state index contributed by atoms with van der Waals surface area (Å²) in [6.07, 6.45) is 4.62. The topological polar surface area (TPSA) is 99.9 Å². The molecule has 2 aliphatic rings. The molecule has 2 aliphatic heterocycles. The SMILES string of the molecule is Nc1n[nH]nc1C(=O)N1CCCC2(CCCNC2)C1. The lowest BCUT2D eigenvalue weighted by atomic mass is 9.74. The monoisotopic (exact) mass is 264 g/mol. The molecule has 7 nitrogen and oxygen atoms in total. The van der Waals surface area contributed by atoms with Crippen molar-refractivity contribution in [2.24, 2.45) is 5.41 Å². The van der Waals surface area contributed by atoms with Crippen molar-refractivity contribution in [1.82, 2.24) is 25.6 Å². The summed E-state index contributed by atoms with van der Waals surface area (Å²) in [5.74, 6) is 0.0855. The molecule has 7 heteroatoms. The molecule has 2 saturated heterocycles. The van der Waals surface area contributed by atoms with Crippen LogP contribution in [0.2, 0.25) is 0 Å². The molecule has 1 amide bonds. The van der Waals surface area contributed by atoms with Crippen LogP contribution in [0.1, 0.15) is 36.2 Å². The Hall–Kier alpha value is -1.63. The van der Waals surface area contributed by atoms with Crippen molar-refractivity contribution in [3.63, 3.8) is 0 Å². The number of nitrogens with two attached hydrogens (primary N) is 1. The Morgan fingerprint density at radius 3 is 2.84 bits per heavy atom. The van der Waals surface area contributed by atoms with Gasteiger partial charge in [0.15, 0.2) is 11.5 Å². The number of likely N-dealkylation sites (tertiary alicyclic amines) is 1. The lowest BCUT2D eigenvalue weighted by Crippen LogP contribution is -2.52. The fourth-order valence-electron chi connectivity index (χ4n) is 3.31. The third kappa shape index (κ3) is 2.30. The Bertz CT molecular complexity index is 459. The summed E-state index contributed by atoms with van der Waals surface area (Å²) in [5.41, 5.74) is 6.14.